The molecule has 0 aromatic heterocycles. The molecule has 2 fully saturated rings. The fourth-order valence-electron chi connectivity index (χ4n) is 4.07. The molecule has 3 rings (SSSR count). The van der Waals surface area contributed by atoms with Crippen molar-refractivity contribution in [1.82, 2.24) is 5.32 Å². The largest absolute Gasteiger partial charge is 0.444 e. The maximum absolute atomic E-state index is 13.0. The van der Waals surface area contributed by atoms with E-state index in [-0.39, 0.29) is 11.8 Å². The van der Waals surface area contributed by atoms with E-state index in [1.54, 1.807) is 0 Å². The number of hydrogen-bond acceptors (Lipinski definition) is 3. The Balaban J connectivity index is 1.79. The van der Waals surface area contributed by atoms with Crippen molar-refractivity contribution in [2.75, 3.05) is 5.32 Å². The van der Waals surface area contributed by atoms with Crippen LogP contribution in [-0.4, -0.2) is 23.1 Å². The summed E-state index contributed by atoms with van der Waals surface area (Å²) in [5, 5.41) is 5.90. The molecule has 5 heteroatoms. The molecule has 2 amide bonds. The lowest BCUT2D eigenvalue weighted by atomic mass is 9.80. The van der Waals surface area contributed by atoms with Crippen LogP contribution < -0.4 is 10.6 Å². The van der Waals surface area contributed by atoms with Crippen LogP contribution in [0.3, 0.4) is 0 Å². The Morgan fingerprint density at radius 1 is 1.17 bits per heavy atom. The molecule has 0 aliphatic heterocycles. The van der Waals surface area contributed by atoms with Crippen LogP contribution >= 0.6 is 0 Å². The monoisotopic (exact) mass is 330 g/mol. The lowest BCUT2D eigenvalue weighted by Gasteiger charge is -2.37. The van der Waals surface area contributed by atoms with E-state index in [1.165, 1.54) is 0 Å². The van der Waals surface area contributed by atoms with E-state index in [0.29, 0.717) is 12.3 Å². The van der Waals surface area contributed by atoms with Gasteiger partial charge in [-0.1, -0.05) is 18.2 Å². The van der Waals surface area contributed by atoms with Gasteiger partial charge in [0.05, 0.1) is 0 Å². The van der Waals surface area contributed by atoms with Gasteiger partial charge in [0.1, 0.15) is 11.1 Å². The lowest BCUT2D eigenvalue weighted by Crippen LogP contribution is -2.60. The fraction of sp³-hybridized carbons (Fsp3) is 0.579. The smallest absolute Gasteiger partial charge is 0.408 e. The zero-order valence-corrected chi connectivity index (χ0v) is 14.6. The first-order valence-corrected chi connectivity index (χ1v) is 8.66. The molecule has 3 atom stereocenters. The predicted octanol–water partition coefficient (Wildman–Crippen LogP) is 3.71. The maximum Gasteiger partial charge on any atom is 0.408 e. The Kier molecular flexibility index (Phi) is 4.28. The van der Waals surface area contributed by atoms with Crippen molar-refractivity contribution in [2.24, 2.45) is 11.8 Å². The van der Waals surface area contributed by atoms with Crippen LogP contribution in [0.4, 0.5) is 10.5 Å². The molecule has 0 radical (unpaired) electrons. The first-order chi connectivity index (χ1) is 11.3. The number of amides is 2. The number of carbonyl (C=O) groups is 2. The molecule has 1 aromatic rings. The van der Waals surface area contributed by atoms with Crippen LogP contribution in [-0.2, 0) is 9.53 Å². The maximum atomic E-state index is 13.0. The summed E-state index contributed by atoms with van der Waals surface area (Å²) in [5.41, 5.74) is -0.699. The highest BCUT2D eigenvalue weighted by Gasteiger charge is 2.56. The van der Waals surface area contributed by atoms with Crippen LogP contribution in [0.25, 0.3) is 0 Å². The number of alkyl carbamates (subject to hydrolysis) is 1. The van der Waals surface area contributed by atoms with E-state index in [4.69, 9.17) is 4.74 Å². The van der Waals surface area contributed by atoms with Crippen LogP contribution in [0.5, 0.6) is 0 Å². The lowest BCUT2D eigenvalue weighted by molar-refractivity contribution is -0.124. The molecule has 0 spiro atoms. The highest BCUT2D eigenvalue weighted by molar-refractivity contribution is 6.00. The highest BCUT2D eigenvalue weighted by atomic mass is 16.6. The second-order valence-corrected chi connectivity index (χ2v) is 8.00. The van der Waals surface area contributed by atoms with Crippen molar-refractivity contribution in [2.45, 2.75) is 57.6 Å². The summed E-state index contributed by atoms with van der Waals surface area (Å²) < 4.78 is 5.40. The molecular formula is C19H26N2O3. The quantitative estimate of drug-likeness (QED) is 0.888. The van der Waals surface area contributed by atoms with E-state index in [9.17, 15) is 9.59 Å². The third-order valence-electron chi connectivity index (χ3n) is 5.01. The SMILES string of the molecule is CC(C)(C)OC(=O)NC1(C(=O)Nc2ccccc2)CC2CCC1C2. The summed E-state index contributed by atoms with van der Waals surface area (Å²) in [6, 6.07) is 9.37. The zero-order chi connectivity index (χ0) is 17.4. The van der Waals surface area contributed by atoms with Gasteiger partial charge in [0.25, 0.3) is 5.91 Å². The van der Waals surface area contributed by atoms with Crippen molar-refractivity contribution in [1.29, 1.82) is 0 Å². The Bertz CT molecular complexity index is 623. The molecule has 2 aliphatic rings. The van der Waals surface area contributed by atoms with Gasteiger partial charge in [-0.15, -0.1) is 0 Å². The average molecular weight is 330 g/mol. The molecule has 5 nitrogen and oxygen atoms in total. The molecule has 3 unspecified atom stereocenters. The van der Waals surface area contributed by atoms with Gasteiger partial charge in [0, 0.05) is 5.69 Å². The van der Waals surface area contributed by atoms with E-state index >= 15 is 0 Å². The second-order valence-electron chi connectivity index (χ2n) is 8.00. The van der Waals surface area contributed by atoms with Crippen molar-refractivity contribution in [3.63, 3.8) is 0 Å². The van der Waals surface area contributed by atoms with Gasteiger partial charge in [-0.25, -0.2) is 4.79 Å². The van der Waals surface area contributed by atoms with Gasteiger partial charge in [-0.2, -0.15) is 0 Å². The highest BCUT2D eigenvalue weighted by Crippen LogP contribution is 2.51. The minimum absolute atomic E-state index is 0.133. The summed E-state index contributed by atoms with van der Waals surface area (Å²) in [4.78, 5) is 25.4. The molecule has 130 valence electrons. The summed E-state index contributed by atoms with van der Waals surface area (Å²) in [5.74, 6) is 0.553. The summed E-state index contributed by atoms with van der Waals surface area (Å²) in [6.07, 6.45) is 3.29. The van der Waals surface area contributed by atoms with Gasteiger partial charge in [-0.3, -0.25) is 4.79 Å². The molecule has 2 saturated carbocycles. The molecule has 2 aliphatic carbocycles. The standard InChI is InChI=1S/C19H26N2O3/c1-18(2,3)24-17(23)21-19(12-13-9-10-14(19)11-13)16(22)20-15-7-5-4-6-8-15/h4-8,13-14H,9-12H2,1-3H3,(H,20,22)(H,21,23). The number of nitrogens with one attached hydrogen (secondary N) is 2. The number of benzene rings is 1. The van der Waals surface area contributed by atoms with E-state index in [1.807, 2.05) is 51.1 Å². The molecular weight excluding hydrogens is 304 g/mol. The minimum atomic E-state index is -0.860. The van der Waals surface area contributed by atoms with E-state index in [0.717, 1.165) is 24.9 Å². The Labute approximate surface area is 143 Å². The van der Waals surface area contributed by atoms with Crippen LogP contribution in [0.1, 0.15) is 46.5 Å². The van der Waals surface area contributed by atoms with Crippen LogP contribution in [0, 0.1) is 11.8 Å². The molecule has 0 heterocycles. The summed E-state index contributed by atoms with van der Waals surface area (Å²) >= 11 is 0. The first-order valence-electron chi connectivity index (χ1n) is 8.66. The Morgan fingerprint density at radius 3 is 2.42 bits per heavy atom. The van der Waals surface area contributed by atoms with Crippen molar-refractivity contribution < 1.29 is 14.3 Å². The predicted molar refractivity (Wildman–Crippen MR) is 92.6 cm³/mol. The van der Waals surface area contributed by atoms with Crippen molar-refractivity contribution in [3.05, 3.63) is 30.3 Å². The topological polar surface area (TPSA) is 67.4 Å². The van der Waals surface area contributed by atoms with Gasteiger partial charge in [0.15, 0.2) is 0 Å². The van der Waals surface area contributed by atoms with Gasteiger partial charge in [0.2, 0.25) is 0 Å². The zero-order valence-electron chi connectivity index (χ0n) is 14.6. The number of rotatable bonds is 3. The van der Waals surface area contributed by atoms with E-state index in [2.05, 4.69) is 10.6 Å². The number of anilines is 1. The Morgan fingerprint density at radius 2 is 1.88 bits per heavy atom. The van der Waals surface area contributed by atoms with Gasteiger partial charge >= 0.3 is 6.09 Å². The molecule has 24 heavy (non-hydrogen) atoms. The second kappa shape index (κ2) is 6.11. The molecule has 2 N–H and O–H groups in total. The number of fused-ring (bicyclic) bond motifs is 2. The van der Waals surface area contributed by atoms with Crippen molar-refractivity contribution >= 4 is 17.7 Å². The average Bonchev–Trinajstić information content (AvgIpc) is 3.07. The van der Waals surface area contributed by atoms with Crippen LogP contribution in [0.2, 0.25) is 0 Å². The normalized spacial score (nSPS) is 28.5. The third-order valence-corrected chi connectivity index (χ3v) is 5.01. The Hall–Kier alpha value is -2.04. The van der Waals surface area contributed by atoms with Crippen LogP contribution in [0.15, 0.2) is 30.3 Å². The number of carbonyl (C=O) groups excluding carboxylic acids is 2. The molecule has 2 bridgehead atoms. The molecule has 0 saturated heterocycles. The van der Waals surface area contributed by atoms with Crippen molar-refractivity contribution in [3.8, 4) is 0 Å². The number of hydrogen-bond donors (Lipinski definition) is 2. The third kappa shape index (κ3) is 3.40. The van der Waals surface area contributed by atoms with E-state index < -0.39 is 17.2 Å². The summed E-state index contributed by atoms with van der Waals surface area (Å²) in [7, 11) is 0. The van der Waals surface area contributed by atoms with Gasteiger partial charge < -0.3 is 15.4 Å². The number of para-hydroxylation sites is 1. The number of ether oxygens (including phenoxy) is 1. The van der Waals surface area contributed by atoms with Gasteiger partial charge in [-0.05, 0) is 70.4 Å². The molecule has 1 aromatic carbocycles. The fourth-order valence-corrected chi connectivity index (χ4v) is 4.07. The first kappa shape index (κ1) is 16.8. The minimum Gasteiger partial charge on any atom is -0.444 e. The summed E-state index contributed by atoms with van der Waals surface area (Å²) in [6.45, 7) is 5.47.